The number of aliphatic carboxylic acids is 1. The summed E-state index contributed by atoms with van der Waals surface area (Å²) < 4.78 is 10.3. The molecule has 0 unspecified atom stereocenters. The number of para-hydroxylation sites is 2. The van der Waals surface area contributed by atoms with Crippen LogP contribution in [0.2, 0.25) is 0 Å². The normalized spacial score (nSPS) is 9.39. The number of carboxylic acid groups (broad SMARTS) is 1. The smallest absolute Gasteiger partial charge is 0.323 e. The maximum Gasteiger partial charge on any atom is 0.323 e. The van der Waals surface area contributed by atoms with E-state index >= 15 is 0 Å². The number of benzene rings is 1. The van der Waals surface area contributed by atoms with Crippen molar-refractivity contribution in [3.63, 3.8) is 0 Å². The average Bonchev–Trinajstić information content (AvgIpc) is 2.37. The summed E-state index contributed by atoms with van der Waals surface area (Å²) in [5.74, 6) is -0.0837. The molecule has 0 atom stereocenters. The second kappa shape index (κ2) is 7.00. The van der Waals surface area contributed by atoms with Gasteiger partial charge >= 0.3 is 12.0 Å². The molecule has 0 spiro atoms. The molecule has 1 aromatic carbocycles. The first kappa shape index (κ1) is 13.6. The van der Waals surface area contributed by atoms with Crippen molar-refractivity contribution in [1.29, 1.82) is 0 Å². The van der Waals surface area contributed by atoms with Crippen LogP contribution in [0.15, 0.2) is 24.3 Å². The SMILES string of the molecule is COc1ccccc1OCNC(=O)NCC(=O)O. The highest BCUT2D eigenvalue weighted by atomic mass is 16.5. The van der Waals surface area contributed by atoms with Gasteiger partial charge in [0.1, 0.15) is 6.54 Å². The quantitative estimate of drug-likeness (QED) is 0.639. The fourth-order valence-electron chi connectivity index (χ4n) is 1.14. The van der Waals surface area contributed by atoms with Crippen molar-refractivity contribution in [2.45, 2.75) is 0 Å². The van der Waals surface area contributed by atoms with Crippen LogP contribution in [0.3, 0.4) is 0 Å². The van der Waals surface area contributed by atoms with Gasteiger partial charge in [0.05, 0.1) is 7.11 Å². The van der Waals surface area contributed by atoms with E-state index in [0.29, 0.717) is 11.5 Å². The zero-order chi connectivity index (χ0) is 13.4. The molecule has 0 radical (unpaired) electrons. The van der Waals surface area contributed by atoms with Crippen LogP contribution in [-0.2, 0) is 4.79 Å². The van der Waals surface area contributed by atoms with E-state index in [1.165, 1.54) is 7.11 Å². The molecular formula is C11H14N2O5. The predicted octanol–water partition coefficient (Wildman–Crippen LogP) is 0.415. The number of carboxylic acids is 1. The van der Waals surface area contributed by atoms with Crippen molar-refractivity contribution < 1.29 is 24.2 Å². The summed E-state index contributed by atoms with van der Waals surface area (Å²) in [5.41, 5.74) is 0. The summed E-state index contributed by atoms with van der Waals surface area (Å²) in [7, 11) is 1.51. The molecule has 0 bridgehead atoms. The van der Waals surface area contributed by atoms with Crippen LogP contribution in [0.25, 0.3) is 0 Å². The van der Waals surface area contributed by atoms with Crippen molar-refractivity contribution in [2.24, 2.45) is 0 Å². The van der Waals surface area contributed by atoms with Gasteiger partial charge in [0.25, 0.3) is 0 Å². The van der Waals surface area contributed by atoms with Gasteiger partial charge < -0.3 is 25.2 Å². The summed E-state index contributed by atoms with van der Waals surface area (Å²) in [6.45, 7) is -0.535. The number of amides is 2. The highest BCUT2D eigenvalue weighted by Crippen LogP contribution is 2.25. The fraction of sp³-hybridized carbons (Fsp3) is 0.273. The Morgan fingerprint density at radius 3 is 2.50 bits per heavy atom. The second-order valence-corrected chi connectivity index (χ2v) is 3.19. The number of urea groups is 1. The molecule has 1 rings (SSSR count). The Labute approximate surface area is 104 Å². The maximum absolute atomic E-state index is 11.1. The average molecular weight is 254 g/mol. The van der Waals surface area contributed by atoms with Gasteiger partial charge in [0.2, 0.25) is 0 Å². The first-order chi connectivity index (χ1) is 8.63. The second-order valence-electron chi connectivity index (χ2n) is 3.19. The first-order valence-corrected chi connectivity index (χ1v) is 5.13. The van der Waals surface area contributed by atoms with Crippen LogP contribution in [-0.4, -0.2) is 37.5 Å². The number of carbonyl (C=O) groups excluding carboxylic acids is 1. The molecule has 0 aliphatic carbocycles. The number of carbonyl (C=O) groups is 2. The summed E-state index contributed by atoms with van der Waals surface area (Å²) in [6.07, 6.45) is 0. The fourth-order valence-corrected chi connectivity index (χ4v) is 1.14. The molecule has 2 amide bonds. The van der Waals surface area contributed by atoms with E-state index in [4.69, 9.17) is 14.6 Å². The van der Waals surface area contributed by atoms with E-state index in [9.17, 15) is 9.59 Å². The van der Waals surface area contributed by atoms with Gasteiger partial charge in [0, 0.05) is 0 Å². The largest absolute Gasteiger partial charge is 0.493 e. The van der Waals surface area contributed by atoms with Crippen LogP contribution in [0.5, 0.6) is 11.5 Å². The van der Waals surface area contributed by atoms with Gasteiger partial charge in [-0.25, -0.2) is 4.79 Å². The van der Waals surface area contributed by atoms with Crippen LogP contribution in [0.4, 0.5) is 4.79 Å². The highest BCUT2D eigenvalue weighted by Gasteiger charge is 2.04. The molecule has 7 nitrogen and oxygen atoms in total. The highest BCUT2D eigenvalue weighted by molar-refractivity contribution is 5.79. The van der Waals surface area contributed by atoms with E-state index < -0.39 is 18.5 Å². The lowest BCUT2D eigenvalue weighted by molar-refractivity contribution is -0.135. The van der Waals surface area contributed by atoms with Gasteiger partial charge in [0.15, 0.2) is 18.2 Å². The Bertz CT molecular complexity index is 422. The zero-order valence-electron chi connectivity index (χ0n) is 9.80. The van der Waals surface area contributed by atoms with Gasteiger partial charge in [-0.05, 0) is 12.1 Å². The summed E-state index contributed by atoms with van der Waals surface area (Å²) in [6, 6.07) is 6.35. The van der Waals surface area contributed by atoms with Gasteiger partial charge in [-0.3, -0.25) is 4.79 Å². The van der Waals surface area contributed by atoms with Crippen LogP contribution in [0.1, 0.15) is 0 Å². The van der Waals surface area contributed by atoms with Crippen LogP contribution < -0.4 is 20.1 Å². The van der Waals surface area contributed by atoms with Crippen molar-refractivity contribution in [3.05, 3.63) is 24.3 Å². The molecule has 1 aromatic rings. The molecule has 3 N–H and O–H groups in total. The third kappa shape index (κ3) is 4.60. The molecule has 0 aliphatic heterocycles. The Balaban J connectivity index is 2.33. The molecule has 0 saturated heterocycles. The van der Waals surface area contributed by atoms with Crippen LogP contribution in [0, 0.1) is 0 Å². The van der Waals surface area contributed by atoms with E-state index in [1.54, 1.807) is 24.3 Å². The lowest BCUT2D eigenvalue weighted by Crippen LogP contribution is -2.40. The number of hydrogen-bond acceptors (Lipinski definition) is 4. The van der Waals surface area contributed by atoms with Gasteiger partial charge in [-0.15, -0.1) is 0 Å². The molecule has 0 aliphatic rings. The van der Waals surface area contributed by atoms with Crippen LogP contribution >= 0.6 is 0 Å². The molecule has 98 valence electrons. The number of ether oxygens (including phenoxy) is 2. The number of methoxy groups -OCH3 is 1. The van der Waals surface area contributed by atoms with Crippen molar-refractivity contribution in [3.8, 4) is 11.5 Å². The molecule has 0 heterocycles. The molecule has 18 heavy (non-hydrogen) atoms. The predicted molar refractivity (Wildman–Crippen MR) is 62.7 cm³/mol. The zero-order valence-corrected chi connectivity index (χ0v) is 9.80. The lowest BCUT2D eigenvalue weighted by atomic mass is 10.3. The maximum atomic E-state index is 11.1. The molecule has 0 fully saturated rings. The molecule has 0 aromatic heterocycles. The number of hydrogen-bond donors (Lipinski definition) is 3. The Kier molecular flexibility index (Phi) is 5.30. The monoisotopic (exact) mass is 254 g/mol. The van der Waals surface area contributed by atoms with Crippen molar-refractivity contribution in [1.82, 2.24) is 10.6 Å². The summed E-state index contributed by atoms with van der Waals surface area (Å²) in [4.78, 5) is 21.3. The van der Waals surface area contributed by atoms with Crippen molar-refractivity contribution in [2.75, 3.05) is 20.4 Å². The molecule has 7 heteroatoms. The summed E-state index contributed by atoms with van der Waals surface area (Å²) in [5, 5.41) is 12.8. The molecule has 0 saturated carbocycles. The molecular weight excluding hydrogens is 240 g/mol. The van der Waals surface area contributed by atoms with E-state index in [2.05, 4.69) is 10.6 Å². The minimum Gasteiger partial charge on any atom is -0.493 e. The Hall–Kier alpha value is -2.44. The minimum atomic E-state index is -1.12. The number of rotatable bonds is 6. The standard InChI is InChI=1S/C11H14N2O5/c1-17-8-4-2-3-5-9(8)18-7-13-11(16)12-6-10(14)15/h2-5H,6-7H2,1H3,(H,14,15)(H2,12,13,16). The van der Waals surface area contributed by atoms with Gasteiger partial charge in [-0.2, -0.15) is 0 Å². The first-order valence-electron chi connectivity index (χ1n) is 5.13. The number of nitrogens with one attached hydrogen (secondary N) is 2. The lowest BCUT2D eigenvalue weighted by Gasteiger charge is -2.11. The van der Waals surface area contributed by atoms with E-state index in [1.807, 2.05) is 0 Å². The van der Waals surface area contributed by atoms with E-state index in [0.717, 1.165) is 0 Å². The summed E-state index contributed by atoms with van der Waals surface area (Å²) >= 11 is 0. The third-order valence-corrected chi connectivity index (χ3v) is 1.93. The third-order valence-electron chi connectivity index (χ3n) is 1.93. The minimum absolute atomic E-state index is 0.0914. The Morgan fingerprint density at radius 2 is 1.89 bits per heavy atom. The Morgan fingerprint density at radius 1 is 1.22 bits per heavy atom. The van der Waals surface area contributed by atoms with Crippen molar-refractivity contribution >= 4 is 12.0 Å². The van der Waals surface area contributed by atoms with Gasteiger partial charge in [-0.1, -0.05) is 12.1 Å². The van der Waals surface area contributed by atoms with E-state index in [-0.39, 0.29) is 6.73 Å². The topological polar surface area (TPSA) is 96.9 Å².